The van der Waals surface area contributed by atoms with Crippen molar-refractivity contribution in [3.05, 3.63) is 34.3 Å². The van der Waals surface area contributed by atoms with Crippen LogP contribution in [0.15, 0.2) is 28.7 Å². The van der Waals surface area contributed by atoms with Gasteiger partial charge < -0.3 is 15.1 Å². The number of nitrogens with zero attached hydrogens (tertiary/aromatic N) is 1. The van der Waals surface area contributed by atoms with Gasteiger partial charge in [-0.15, -0.1) is 0 Å². The molecule has 0 bridgehead atoms. The van der Waals surface area contributed by atoms with E-state index in [4.69, 9.17) is 0 Å². The van der Waals surface area contributed by atoms with E-state index in [9.17, 15) is 9.59 Å². The number of quaternary nitrogens is 1. The predicted molar refractivity (Wildman–Crippen MR) is 88.9 cm³/mol. The average Bonchev–Trinajstić information content (AvgIpc) is 2.47. The predicted octanol–water partition coefficient (Wildman–Crippen LogP) is 0.314. The molecule has 0 unspecified atom stereocenters. The first-order valence-electron chi connectivity index (χ1n) is 7.63. The van der Waals surface area contributed by atoms with Crippen molar-refractivity contribution >= 4 is 27.7 Å². The number of hydrogen-bond donors (Lipinski definition) is 2. The van der Waals surface area contributed by atoms with Gasteiger partial charge in [0.05, 0.1) is 26.2 Å². The number of benzene rings is 1. The molecular formula is C16H23BrN3O2+. The molecule has 0 saturated carbocycles. The SMILES string of the molecule is CC(C)NC(=O)C[NH+]1CCN(C(=O)c2ccc(Br)cc2)CC1. The molecule has 1 heterocycles. The maximum atomic E-state index is 12.4. The van der Waals surface area contributed by atoms with Crippen molar-refractivity contribution in [2.24, 2.45) is 0 Å². The van der Waals surface area contributed by atoms with Gasteiger partial charge in [-0.3, -0.25) is 9.59 Å². The summed E-state index contributed by atoms with van der Waals surface area (Å²) < 4.78 is 0.967. The van der Waals surface area contributed by atoms with Crippen LogP contribution in [0.4, 0.5) is 0 Å². The Morgan fingerprint density at radius 1 is 1.23 bits per heavy atom. The molecule has 0 aromatic heterocycles. The number of amides is 2. The molecule has 2 amide bonds. The highest BCUT2D eigenvalue weighted by molar-refractivity contribution is 9.10. The quantitative estimate of drug-likeness (QED) is 0.803. The second-order valence-electron chi connectivity index (χ2n) is 5.95. The molecule has 6 heteroatoms. The van der Waals surface area contributed by atoms with Crippen molar-refractivity contribution in [3.8, 4) is 0 Å². The standard InChI is InChI=1S/C16H22BrN3O2/c1-12(2)18-15(21)11-19-7-9-20(10-8-19)16(22)13-3-5-14(17)6-4-13/h3-6,12H,7-11H2,1-2H3,(H,18,21)/p+1. The average molecular weight is 369 g/mol. The van der Waals surface area contributed by atoms with Crippen molar-refractivity contribution in [3.63, 3.8) is 0 Å². The summed E-state index contributed by atoms with van der Waals surface area (Å²) in [5.41, 5.74) is 0.712. The maximum absolute atomic E-state index is 12.4. The van der Waals surface area contributed by atoms with Gasteiger partial charge in [0, 0.05) is 16.1 Å². The molecule has 1 aliphatic heterocycles. The monoisotopic (exact) mass is 368 g/mol. The van der Waals surface area contributed by atoms with E-state index >= 15 is 0 Å². The Morgan fingerprint density at radius 2 is 1.82 bits per heavy atom. The van der Waals surface area contributed by atoms with Crippen LogP contribution in [0.3, 0.4) is 0 Å². The van der Waals surface area contributed by atoms with Gasteiger partial charge in [0.1, 0.15) is 0 Å². The smallest absolute Gasteiger partial charge is 0.275 e. The zero-order valence-electron chi connectivity index (χ0n) is 13.1. The van der Waals surface area contributed by atoms with Crippen LogP contribution in [0, 0.1) is 0 Å². The fourth-order valence-electron chi connectivity index (χ4n) is 2.58. The Balaban J connectivity index is 1.83. The zero-order chi connectivity index (χ0) is 16.1. The summed E-state index contributed by atoms with van der Waals surface area (Å²) >= 11 is 3.37. The molecule has 5 nitrogen and oxygen atoms in total. The van der Waals surface area contributed by atoms with Crippen LogP contribution in [-0.4, -0.2) is 55.5 Å². The van der Waals surface area contributed by atoms with Gasteiger partial charge in [-0.05, 0) is 38.1 Å². The Kier molecular flexibility index (Phi) is 5.97. The number of carbonyl (C=O) groups excluding carboxylic acids is 2. The van der Waals surface area contributed by atoms with E-state index in [1.54, 1.807) is 0 Å². The number of nitrogens with one attached hydrogen (secondary N) is 2. The van der Waals surface area contributed by atoms with Crippen molar-refractivity contribution in [1.29, 1.82) is 0 Å². The van der Waals surface area contributed by atoms with Gasteiger partial charge in [0.15, 0.2) is 6.54 Å². The molecule has 1 fully saturated rings. The van der Waals surface area contributed by atoms with E-state index in [0.717, 1.165) is 17.6 Å². The Labute approximate surface area is 139 Å². The third-order valence-electron chi connectivity index (χ3n) is 3.71. The second-order valence-corrected chi connectivity index (χ2v) is 6.86. The number of piperazine rings is 1. The van der Waals surface area contributed by atoms with E-state index < -0.39 is 0 Å². The van der Waals surface area contributed by atoms with Crippen LogP contribution < -0.4 is 10.2 Å². The summed E-state index contributed by atoms with van der Waals surface area (Å²) in [5, 5.41) is 2.91. The van der Waals surface area contributed by atoms with Gasteiger partial charge >= 0.3 is 0 Å². The van der Waals surface area contributed by atoms with Crippen molar-refractivity contribution in [2.75, 3.05) is 32.7 Å². The Hall–Kier alpha value is -1.40. The molecule has 0 aliphatic carbocycles. The fourth-order valence-corrected chi connectivity index (χ4v) is 2.84. The molecule has 0 atom stereocenters. The van der Waals surface area contributed by atoms with Crippen LogP contribution in [0.25, 0.3) is 0 Å². The van der Waals surface area contributed by atoms with Crippen LogP contribution >= 0.6 is 15.9 Å². The molecular weight excluding hydrogens is 346 g/mol. The van der Waals surface area contributed by atoms with Gasteiger partial charge in [-0.25, -0.2) is 0 Å². The Morgan fingerprint density at radius 3 is 2.36 bits per heavy atom. The lowest BCUT2D eigenvalue weighted by Gasteiger charge is -2.32. The first-order chi connectivity index (χ1) is 10.5. The minimum atomic E-state index is 0.0678. The number of carbonyl (C=O) groups is 2. The highest BCUT2D eigenvalue weighted by atomic mass is 79.9. The van der Waals surface area contributed by atoms with Crippen LogP contribution in [0.2, 0.25) is 0 Å². The third-order valence-corrected chi connectivity index (χ3v) is 4.24. The summed E-state index contributed by atoms with van der Waals surface area (Å²) in [5.74, 6) is 0.149. The van der Waals surface area contributed by atoms with E-state index in [1.165, 1.54) is 4.90 Å². The summed E-state index contributed by atoms with van der Waals surface area (Å²) in [6.45, 7) is 7.42. The maximum Gasteiger partial charge on any atom is 0.275 e. The largest absolute Gasteiger partial charge is 0.349 e. The fraction of sp³-hybridized carbons (Fsp3) is 0.500. The van der Waals surface area contributed by atoms with Crippen LogP contribution in [0.5, 0.6) is 0 Å². The van der Waals surface area contributed by atoms with Crippen LogP contribution in [-0.2, 0) is 4.79 Å². The molecule has 0 radical (unpaired) electrons. The van der Waals surface area contributed by atoms with Gasteiger partial charge in [0.25, 0.3) is 11.8 Å². The lowest BCUT2D eigenvalue weighted by atomic mass is 10.2. The Bertz CT molecular complexity index is 523. The molecule has 0 spiro atoms. The van der Waals surface area contributed by atoms with E-state index in [0.29, 0.717) is 25.2 Å². The lowest BCUT2D eigenvalue weighted by molar-refractivity contribution is -0.896. The molecule has 1 saturated heterocycles. The first-order valence-corrected chi connectivity index (χ1v) is 8.43. The third kappa shape index (κ3) is 4.81. The number of rotatable bonds is 4. The molecule has 2 N–H and O–H groups in total. The summed E-state index contributed by atoms with van der Waals surface area (Å²) in [6.07, 6.45) is 0. The van der Waals surface area contributed by atoms with Crippen molar-refractivity contribution in [1.82, 2.24) is 10.2 Å². The summed E-state index contributed by atoms with van der Waals surface area (Å²) in [6, 6.07) is 7.60. The highest BCUT2D eigenvalue weighted by Crippen LogP contribution is 2.12. The highest BCUT2D eigenvalue weighted by Gasteiger charge is 2.25. The minimum Gasteiger partial charge on any atom is -0.349 e. The zero-order valence-corrected chi connectivity index (χ0v) is 14.6. The molecule has 2 rings (SSSR count). The normalized spacial score (nSPS) is 15.9. The lowest BCUT2D eigenvalue weighted by Crippen LogP contribution is -3.15. The van der Waals surface area contributed by atoms with Gasteiger partial charge in [-0.1, -0.05) is 15.9 Å². The minimum absolute atomic E-state index is 0.0678. The van der Waals surface area contributed by atoms with Crippen molar-refractivity contribution < 1.29 is 14.5 Å². The van der Waals surface area contributed by atoms with E-state index in [2.05, 4.69) is 21.2 Å². The summed E-state index contributed by atoms with van der Waals surface area (Å²) in [4.78, 5) is 27.3. The van der Waals surface area contributed by atoms with Gasteiger partial charge in [-0.2, -0.15) is 0 Å². The number of halogens is 1. The van der Waals surface area contributed by atoms with Crippen LogP contribution in [0.1, 0.15) is 24.2 Å². The second kappa shape index (κ2) is 7.74. The molecule has 22 heavy (non-hydrogen) atoms. The van der Waals surface area contributed by atoms with E-state index in [-0.39, 0.29) is 17.9 Å². The first kappa shape index (κ1) is 17.0. The number of hydrogen-bond acceptors (Lipinski definition) is 2. The molecule has 1 aromatic rings. The molecule has 1 aromatic carbocycles. The van der Waals surface area contributed by atoms with E-state index in [1.807, 2.05) is 43.0 Å². The summed E-state index contributed by atoms with van der Waals surface area (Å²) in [7, 11) is 0. The van der Waals surface area contributed by atoms with Gasteiger partial charge in [0.2, 0.25) is 0 Å². The topological polar surface area (TPSA) is 53.9 Å². The molecule has 120 valence electrons. The van der Waals surface area contributed by atoms with Crippen molar-refractivity contribution in [2.45, 2.75) is 19.9 Å². The molecule has 1 aliphatic rings.